The molecule has 0 aromatic heterocycles. The molecule has 0 spiro atoms. The van der Waals surface area contributed by atoms with Crippen LogP contribution in [0.5, 0.6) is 0 Å². The highest BCUT2D eigenvalue weighted by Crippen LogP contribution is 2.28. The maximum Gasteiger partial charge on any atom is 0.262 e. The molecule has 7 aromatic carbocycles. The summed E-state index contributed by atoms with van der Waals surface area (Å²) in [4.78, 5) is 52.5. The van der Waals surface area contributed by atoms with Crippen LogP contribution >= 0.6 is 22.4 Å². The molecule has 0 bridgehead atoms. The zero-order chi connectivity index (χ0) is 50.0. The number of nitrogens with one attached hydrogen (secondary N) is 2. The molecule has 0 saturated carbocycles. The minimum Gasteiger partial charge on any atom is -0.342 e. The van der Waals surface area contributed by atoms with Gasteiger partial charge in [-0.2, -0.15) is 10.5 Å². The summed E-state index contributed by atoms with van der Waals surface area (Å²) < 4.78 is 49.7. The fourth-order valence-corrected chi connectivity index (χ4v) is 9.09. The van der Waals surface area contributed by atoms with Crippen molar-refractivity contribution in [1.29, 1.82) is 10.5 Å². The lowest BCUT2D eigenvalue weighted by Gasteiger charge is -2.18. The molecule has 7 aromatic rings. The van der Waals surface area contributed by atoms with Crippen LogP contribution in [0.15, 0.2) is 186 Å². The first-order valence-corrected chi connectivity index (χ1v) is 24.9. The number of rotatable bonds is 18. The SMILES string of the molecule is N#Cc1cc(CC(=O)[C@H](Cc2ccccc2)NC(=O)c2ccc(F)cc2)ccc1S(=O)(=O)Cl.N#Cc1cc(CC(=O)[C@H](Cc2ccccc2)NC(=O)c2ccc(F)cc2)ccc1SCc1ccccc1. The van der Waals surface area contributed by atoms with Gasteiger partial charge in [-0.15, -0.1) is 11.8 Å². The van der Waals surface area contributed by atoms with Gasteiger partial charge in [-0.1, -0.05) is 103 Å². The third-order valence-corrected chi connectivity index (χ3v) is 13.3. The summed E-state index contributed by atoms with van der Waals surface area (Å²) in [7, 11) is 1.23. The number of hydrogen-bond acceptors (Lipinski definition) is 9. The lowest BCUT2D eigenvalue weighted by atomic mass is 9.96. The van der Waals surface area contributed by atoms with Gasteiger partial charge in [-0.25, -0.2) is 17.2 Å². The van der Waals surface area contributed by atoms with E-state index in [9.17, 15) is 46.9 Å². The van der Waals surface area contributed by atoms with Crippen molar-refractivity contribution in [3.63, 3.8) is 0 Å². The van der Waals surface area contributed by atoms with Crippen molar-refractivity contribution in [2.45, 2.75) is 53.3 Å². The van der Waals surface area contributed by atoms with Crippen molar-refractivity contribution >= 4 is 54.9 Å². The van der Waals surface area contributed by atoms with Gasteiger partial charge in [-0.05, 0) is 113 Å². The van der Waals surface area contributed by atoms with Gasteiger partial charge in [0.05, 0.1) is 23.2 Å². The molecular formula is C55H43ClF2N4O6S2. The number of thioether (sulfide) groups is 1. The topological polar surface area (TPSA) is 174 Å². The van der Waals surface area contributed by atoms with Crippen LogP contribution < -0.4 is 10.6 Å². The van der Waals surface area contributed by atoms with Crippen LogP contribution in [-0.4, -0.2) is 43.9 Å². The van der Waals surface area contributed by atoms with Crippen LogP contribution in [0.1, 0.15) is 59.7 Å². The number of nitriles is 2. The summed E-state index contributed by atoms with van der Waals surface area (Å²) in [5.41, 5.74) is 4.81. The van der Waals surface area contributed by atoms with Gasteiger partial charge in [0.1, 0.15) is 28.7 Å². The molecule has 0 unspecified atom stereocenters. The number of benzene rings is 7. The molecule has 0 radical (unpaired) electrons. The van der Waals surface area contributed by atoms with Crippen LogP contribution in [0, 0.1) is 34.3 Å². The van der Waals surface area contributed by atoms with E-state index in [-0.39, 0.29) is 52.4 Å². The third-order valence-electron chi connectivity index (χ3n) is 10.8. The summed E-state index contributed by atoms with van der Waals surface area (Å²) in [6.45, 7) is 0. The largest absolute Gasteiger partial charge is 0.342 e. The Morgan fingerprint density at radius 1 is 0.529 bits per heavy atom. The maximum absolute atomic E-state index is 13.4. The lowest BCUT2D eigenvalue weighted by molar-refractivity contribution is -0.121. The van der Waals surface area contributed by atoms with Crippen LogP contribution in [-0.2, 0) is 50.1 Å². The van der Waals surface area contributed by atoms with E-state index in [2.05, 4.69) is 16.7 Å². The molecule has 15 heteroatoms. The quantitative estimate of drug-likeness (QED) is 0.0627. The first kappa shape index (κ1) is 51.6. The minimum absolute atomic E-state index is 0.0690. The number of carbonyl (C=O) groups is 4. The van der Waals surface area contributed by atoms with Crippen LogP contribution in [0.4, 0.5) is 8.78 Å². The molecule has 0 fully saturated rings. The van der Waals surface area contributed by atoms with Crippen molar-refractivity contribution in [1.82, 2.24) is 10.6 Å². The number of nitrogens with zero attached hydrogens (tertiary/aromatic N) is 2. The average Bonchev–Trinajstić information content (AvgIpc) is 3.36. The van der Waals surface area contributed by atoms with Gasteiger partial charge in [0.25, 0.3) is 20.9 Å². The van der Waals surface area contributed by atoms with Gasteiger partial charge in [-0.3, -0.25) is 19.2 Å². The summed E-state index contributed by atoms with van der Waals surface area (Å²) in [5.74, 6) is -1.69. The second-order valence-electron chi connectivity index (χ2n) is 15.8. The Morgan fingerprint density at radius 3 is 1.34 bits per heavy atom. The summed E-state index contributed by atoms with van der Waals surface area (Å²) in [6.07, 6.45) is 0.451. The Labute approximate surface area is 413 Å². The van der Waals surface area contributed by atoms with Gasteiger partial charge in [0.15, 0.2) is 11.6 Å². The second kappa shape index (κ2) is 25.0. The van der Waals surface area contributed by atoms with Gasteiger partial charge in [0, 0.05) is 45.3 Å². The number of halogens is 3. The van der Waals surface area contributed by atoms with Crippen LogP contribution in [0.25, 0.3) is 0 Å². The second-order valence-corrected chi connectivity index (χ2v) is 19.4. The fraction of sp³-hybridized carbons (Fsp3) is 0.127. The molecule has 0 aliphatic carbocycles. The molecule has 2 N–H and O–H groups in total. The molecule has 0 saturated heterocycles. The van der Waals surface area contributed by atoms with Gasteiger partial charge in [0.2, 0.25) is 0 Å². The first-order chi connectivity index (χ1) is 33.7. The molecule has 2 amide bonds. The molecule has 352 valence electrons. The van der Waals surface area contributed by atoms with Crippen LogP contribution in [0.2, 0.25) is 0 Å². The van der Waals surface area contributed by atoms with E-state index >= 15 is 0 Å². The summed E-state index contributed by atoms with van der Waals surface area (Å²) in [6, 6.07) is 50.3. The Bertz CT molecular complexity index is 3150. The van der Waals surface area contributed by atoms with E-state index in [1.807, 2.05) is 103 Å². The molecule has 0 heterocycles. The van der Waals surface area contributed by atoms with Gasteiger partial charge >= 0.3 is 0 Å². The standard InChI is InChI=1S/C31H25FN2O2S.C24H18ClFN2O4S/c32-27-14-12-25(13-15-27)31(36)34-28(18-22-7-3-1-4-8-22)29(35)19-24-11-16-30(26(17-24)20-33)37-21-23-9-5-2-6-10-23;25-33(31,32)23-11-6-17(12-19(23)15-27)14-22(29)21(13-16-4-2-1-3-5-16)28-24(30)18-7-9-20(26)10-8-18/h1-17,28H,18-19,21H2,(H,34,36);1-12,21H,13-14H2,(H,28,30)/t28-;21-/m00/s1. The molecule has 0 aliphatic rings. The monoisotopic (exact) mass is 992 g/mol. The summed E-state index contributed by atoms with van der Waals surface area (Å²) in [5, 5.41) is 24.5. The fourth-order valence-electron chi connectivity index (χ4n) is 7.15. The number of ketones is 2. The predicted molar refractivity (Wildman–Crippen MR) is 264 cm³/mol. The number of carbonyl (C=O) groups excluding carboxylic acids is 4. The minimum atomic E-state index is -4.12. The van der Waals surface area contributed by atoms with E-state index in [4.69, 9.17) is 10.7 Å². The number of hydrogen-bond donors (Lipinski definition) is 2. The van der Waals surface area contributed by atoms with Crippen LogP contribution in [0.3, 0.4) is 0 Å². The van der Waals surface area contributed by atoms with E-state index in [0.29, 0.717) is 23.1 Å². The van der Waals surface area contributed by atoms with E-state index < -0.39 is 44.6 Å². The Kier molecular flexibility index (Phi) is 18.5. The molecule has 10 nitrogen and oxygen atoms in total. The molecule has 70 heavy (non-hydrogen) atoms. The number of Topliss-reactive ketones (excluding diaryl/α,β-unsaturated/α-hetero) is 2. The Morgan fingerprint density at radius 2 is 0.929 bits per heavy atom. The van der Waals surface area contributed by atoms with Crippen molar-refractivity contribution in [3.05, 3.63) is 238 Å². The van der Waals surface area contributed by atoms with Crippen molar-refractivity contribution in [2.24, 2.45) is 0 Å². The zero-order valence-electron chi connectivity index (χ0n) is 37.2. The molecule has 7 rings (SSSR count). The Balaban J connectivity index is 0.000000231. The third kappa shape index (κ3) is 15.4. The molecule has 2 atom stereocenters. The predicted octanol–water partition coefficient (Wildman–Crippen LogP) is 9.92. The smallest absolute Gasteiger partial charge is 0.262 e. The number of amides is 2. The highest BCUT2D eigenvalue weighted by Gasteiger charge is 2.25. The van der Waals surface area contributed by atoms with E-state index in [1.165, 1.54) is 54.6 Å². The van der Waals surface area contributed by atoms with Crippen molar-refractivity contribution in [3.8, 4) is 12.1 Å². The summed E-state index contributed by atoms with van der Waals surface area (Å²) >= 11 is 1.58. The molecular weight excluding hydrogens is 950 g/mol. The average molecular weight is 994 g/mol. The maximum atomic E-state index is 13.4. The highest BCUT2D eigenvalue weighted by atomic mass is 35.7. The molecule has 0 aliphatic heterocycles. The lowest BCUT2D eigenvalue weighted by Crippen LogP contribution is -2.43. The van der Waals surface area contributed by atoms with Gasteiger partial charge < -0.3 is 10.6 Å². The van der Waals surface area contributed by atoms with E-state index in [0.717, 1.165) is 39.5 Å². The van der Waals surface area contributed by atoms with E-state index in [1.54, 1.807) is 23.9 Å². The van der Waals surface area contributed by atoms with Crippen molar-refractivity contribution in [2.75, 3.05) is 0 Å². The Hall–Kier alpha value is -7.75. The highest BCUT2D eigenvalue weighted by molar-refractivity contribution is 8.13. The van der Waals surface area contributed by atoms with Crippen molar-refractivity contribution < 1.29 is 36.4 Å². The normalized spacial score (nSPS) is 11.6. The zero-order valence-corrected chi connectivity index (χ0v) is 39.6. The first-order valence-electron chi connectivity index (χ1n) is 21.6.